The highest BCUT2D eigenvalue weighted by atomic mass is 32.2. The highest BCUT2D eigenvalue weighted by molar-refractivity contribution is 7.99. The van der Waals surface area contributed by atoms with Gasteiger partial charge in [-0.15, -0.1) is 0 Å². The molecule has 2 nitrogen and oxygen atoms in total. The second-order valence-electron chi connectivity index (χ2n) is 6.24. The van der Waals surface area contributed by atoms with Crippen LogP contribution >= 0.6 is 11.8 Å². The Bertz CT molecular complexity index is 402. The summed E-state index contributed by atoms with van der Waals surface area (Å²) >= 11 is 2.07. The van der Waals surface area contributed by atoms with E-state index in [0.717, 1.165) is 5.75 Å². The summed E-state index contributed by atoms with van der Waals surface area (Å²) in [5.74, 6) is 3.43. The molecule has 106 valence electrons. The summed E-state index contributed by atoms with van der Waals surface area (Å²) in [5, 5.41) is 3.77. The molecule has 0 spiro atoms. The molecule has 0 amide bonds. The van der Waals surface area contributed by atoms with E-state index >= 15 is 0 Å². The first-order valence-corrected chi connectivity index (χ1v) is 8.13. The lowest BCUT2D eigenvalue weighted by molar-refractivity contribution is 0.305. The summed E-state index contributed by atoms with van der Waals surface area (Å²) in [6, 6.07) is 9.38. The van der Waals surface area contributed by atoms with Crippen molar-refractivity contribution in [3.8, 4) is 5.75 Å². The van der Waals surface area contributed by atoms with Crippen molar-refractivity contribution in [1.82, 2.24) is 5.32 Å². The van der Waals surface area contributed by atoms with E-state index in [2.05, 4.69) is 50.0 Å². The van der Waals surface area contributed by atoms with Crippen molar-refractivity contribution < 1.29 is 4.74 Å². The molecule has 1 aliphatic rings. The predicted octanol–water partition coefficient (Wildman–Crippen LogP) is 3.88. The number of ether oxygens (including phenoxy) is 1. The van der Waals surface area contributed by atoms with Gasteiger partial charge in [0.1, 0.15) is 5.75 Å². The normalized spacial score (nSPS) is 23.9. The predicted molar refractivity (Wildman–Crippen MR) is 84.1 cm³/mol. The summed E-state index contributed by atoms with van der Waals surface area (Å²) in [5.41, 5.74) is 1.79. The lowest BCUT2D eigenvalue weighted by Gasteiger charge is -2.36. The van der Waals surface area contributed by atoms with E-state index in [9.17, 15) is 0 Å². The summed E-state index contributed by atoms with van der Waals surface area (Å²) < 4.78 is 5.20. The van der Waals surface area contributed by atoms with Crippen LogP contribution in [-0.4, -0.2) is 24.7 Å². The topological polar surface area (TPSA) is 21.3 Å². The van der Waals surface area contributed by atoms with Crippen molar-refractivity contribution >= 4 is 11.8 Å². The molecule has 3 heteroatoms. The van der Waals surface area contributed by atoms with Gasteiger partial charge in [-0.2, -0.15) is 11.8 Å². The molecular formula is C16H25NOS. The maximum atomic E-state index is 5.20. The van der Waals surface area contributed by atoms with Crippen LogP contribution in [-0.2, 0) is 0 Å². The first kappa shape index (κ1) is 14.7. The van der Waals surface area contributed by atoms with Crippen molar-refractivity contribution in [2.45, 2.75) is 39.3 Å². The van der Waals surface area contributed by atoms with Crippen molar-refractivity contribution in [2.24, 2.45) is 5.41 Å². The van der Waals surface area contributed by atoms with E-state index < -0.39 is 0 Å². The Morgan fingerprint density at radius 2 is 2.00 bits per heavy atom. The molecule has 2 atom stereocenters. The Morgan fingerprint density at radius 1 is 1.32 bits per heavy atom. The zero-order valence-electron chi connectivity index (χ0n) is 12.4. The Kier molecular flexibility index (Phi) is 4.80. The number of methoxy groups -OCH3 is 1. The molecule has 1 aromatic rings. The standard InChI is InChI=1S/C16H25NOS/c1-12(13-5-7-15(18-4)8-6-13)17-14-9-16(2,3)11-19-10-14/h5-8,12,14,17H,9-11H2,1-4H3/t12-,14?/m0/s1. The Labute approximate surface area is 121 Å². The lowest BCUT2D eigenvalue weighted by atomic mass is 9.87. The van der Waals surface area contributed by atoms with Gasteiger partial charge in [0.15, 0.2) is 0 Å². The number of benzene rings is 1. The average Bonchev–Trinajstić information content (AvgIpc) is 2.37. The van der Waals surface area contributed by atoms with Gasteiger partial charge in [-0.05, 0) is 42.2 Å². The van der Waals surface area contributed by atoms with Crippen LogP contribution in [0.4, 0.5) is 0 Å². The second-order valence-corrected chi connectivity index (χ2v) is 7.27. The van der Waals surface area contributed by atoms with Crippen LogP contribution in [0.2, 0.25) is 0 Å². The maximum absolute atomic E-state index is 5.20. The van der Waals surface area contributed by atoms with Crippen molar-refractivity contribution in [2.75, 3.05) is 18.6 Å². The van der Waals surface area contributed by atoms with Crippen LogP contribution < -0.4 is 10.1 Å². The third-order valence-corrected chi connectivity index (χ3v) is 5.34. The van der Waals surface area contributed by atoms with Crippen molar-refractivity contribution in [1.29, 1.82) is 0 Å². The fraction of sp³-hybridized carbons (Fsp3) is 0.625. The monoisotopic (exact) mass is 279 g/mol. The molecule has 19 heavy (non-hydrogen) atoms. The number of nitrogens with one attached hydrogen (secondary N) is 1. The quantitative estimate of drug-likeness (QED) is 0.904. The smallest absolute Gasteiger partial charge is 0.118 e. The lowest BCUT2D eigenvalue weighted by Crippen LogP contribution is -2.41. The molecule has 0 bridgehead atoms. The molecule has 1 heterocycles. The number of hydrogen-bond acceptors (Lipinski definition) is 3. The van der Waals surface area contributed by atoms with Crippen molar-refractivity contribution in [3.05, 3.63) is 29.8 Å². The zero-order valence-corrected chi connectivity index (χ0v) is 13.2. The molecule has 1 saturated heterocycles. The molecule has 0 aliphatic carbocycles. The van der Waals surface area contributed by atoms with Gasteiger partial charge in [0.25, 0.3) is 0 Å². The van der Waals surface area contributed by atoms with Gasteiger partial charge in [0.05, 0.1) is 7.11 Å². The largest absolute Gasteiger partial charge is 0.497 e. The van der Waals surface area contributed by atoms with Crippen LogP contribution in [0.1, 0.15) is 38.8 Å². The molecule has 1 aromatic carbocycles. The Morgan fingerprint density at radius 3 is 2.58 bits per heavy atom. The highest BCUT2D eigenvalue weighted by Crippen LogP contribution is 2.34. The number of hydrogen-bond donors (Lipinski definition) is 1. The Balaban J connectivity index is 1.94. The first-order chi connectivity index (χ1) is 9.00. The van der Waals surface area contributed by atoms with Gasteiger partial charge in [-0.25, -0.2) is 0 Å². The second kappa shape index (κ2) is 6.19. The van der Waals surface area contributed by atoms with Gasteiger partial charge in [0, 0.05) is 17.8 Å². The van der Waals surface area contributed by atoms with Gasteiger partial charge in [-0.3, -0.25) is 0 Å². The minimum absolute atomic E-state index is 0.394. The number of rotatable bonds is 4. The van der Waals surface area contributed by atoms with Crippen LogP contribution in [0.25, 0.3) is 0 Å². The molecular weight excluding hydrogens is 254 g/mol. The molecule has 0 saturated carbocycles. The SMILES string of the molecule is COc1ccc([C@H](C)NC2CSCC(C)(C)C2)cc1. The maximum Gasteiger partial charge on any atom is 0.118 e. The van der Waals surface area contributed by atoms with E-state index in [4.69, 9.17) is 4.74 Å². The minimum Gasteiger partial charge on any atom is -0.497 e. The zero-order chi connectivity index (χ0) is 13.9. The van der Waals surface area contributed by atoms with Crippen LogP contribution in [0, 0.1) is 5.41 Å². The summed E-state index contributed by atoms with van der Waals surface area (Å²) in [7, 11) is 1.71. The Hall–Kier alpha value is -0.670. The first-order valence-electron chi connectivity index (χ1n) is 6.98. The summed E-state index contributed by atoms with van der Waals surface area (Å²) in [6.45, 7) is 6.98. The third kappa shape index (κ3) is 4.15. The van der Waals surface area contributed by atoms with E-state index in [1.54, 1.807) is 7.11 Å². The molecule has 0 radical (unpaired) electrons. The van der Waals surface area contributed by atoms with E-state index in [1.807, 2.05) is 12.1 Å². The average molecular weight is 279 g/mol. The molecule has 0 aromatic heterocycles. The van der Waals surface area contributed by atoms with Gasteiger partial charge in [-0.1, -0.05) is 26.0 Å². The molecule has 1 N–H and O–H groups in total. The van der Waals surface area contributed by atoms with Crippen molar-refractivity contribution in [3.63, 3.8) is 0 Å². The fourth-order valence-electron chi connectivity index (χ4n) is 2.71. The highest BCUT2D eigenvalue weighted by Gasteiger charge is 2.29. The van der Waals surface area contributed by atoms with E-state index in [1.165, 1.54) is 23.5 Å². The van der Waals surface area contributed by atoms with Crippen LogP contribution in [0.3, 0.4) is 0 Å². The summed E-state index contributed by atoms with van der Waals surface area (Å²) in [6.07, 6.45) is 1.26. The molecule has 1 unspecified atom stereocenters. The van der Waals surface area contributed by atoms with E-state index in [0.29, 0.717) is 17.5 Å². The molecule has 1 fully saturated rings. The molecule has 1 aliphatic heterocycles. The molecule has 2 rings (SSSR count). The fourth-order valence-corrected chi connectivity index (χ4v) is 4.00. The van der Waals surface area contributed by atoms with Gasteiger partial charge < -0.3 is 10.1 Å². The van der Waals surface area contributed by atoms with E-state index in [-0.39, 0.29) is 0 Å². The third-order valence-electron chi connectivity index (χ3n) is 3.71. The van der Waals surface area contributed by atoms with Gasteiger partial charge in [0.2, 0.25) is 0 Å². The minimum atomic E-state index is 0.394. The summed E-state index contributed by atoms with van der Waals surface area (Å²) in [4.78, 5) is 0. The number of thioether (sulfide) groups is 1. The van der Waals surface area contributed by atoms with Crippen LogP contribution in [0.5, 0.6) is 5.75 Å². The van der Waals surface area contributed by atoms with Crippen LogP contribution in [0.15, 0.2) is 24.3 Å². The van der Waals surface area contributed by atoms with Gasteiger partial charge >= 0.3 is 0 Å².